The Morgan fingerprint density at radius 2 is 1.74 bits per heavy atom. The van der Waals surface area contributed by atoms with Gasteiger partial charge in [-0.1, -0.05) is 24.3 Å². The number of carbonyl (C=O) groups is 2. The van der Waals surface area contributed by atoms with E-state index in [1.807, 2.05) is 12.1 Å². The molecule has 0 radical (unpaired) electrons. The van der Waals surface area contributed by atoms with Gasteiger partial charge in [-0.05, 0) is 36.7 Å². The number of carbonyl (C=O) groups excluding carboxylic acids is 2. The first-order chi connectivity index (χ1) is 11.2. The van der Waals surface area contributed by atoms with Gasteiger partial charge in [0.1, 0.15) is 5.75 Å². The van der Waals surface area contributed by atoms with Gasteiger partial charge in [0.05, 0.1) is 17.2 Å². The predicted molar refractivity (Wildman–Crippen MR) is 84.4 cm³/mol. The maximum atomic E-state index is 12.5. The summed E-state index contributed by atoms with van der Waals surface area (Å²) in [5, 5.41) is 13.5. The molecule has 0 fully saturated rings. The van der Waals surface area contributed by atoms with Crippen molar-refractivity contribution in [3.63, 3.8) is 0 Å². The van der Waals surface area contributed by atoms with E-state index in [9.17, 15) is 14.7 Å². The normalized spacial score (nSPS) is 19.7. The number of phenols is 1. The molecule has 2 aliphatic rings. The fourth-order valence-corrected chi connectivity index (χ4v) is 3.45. The highest BCUT2D eigenvalue weighted by Crippen LogP contribution is 2.33. The summed E-state index contributed by atoms with van der Waals surface area (Å²) in [5.74, 6) is -0.332. The molecule has 0 saturated heterocycles. The Bertz CT molecular complexity index is 781. The van der Waals surface area contributed by atoms with Crippen LogP contribution in [-0.4, -0.2) is 34.9 Å². The highest BCUT2D eigenvalue weighted by Gasteiger charge is 2.37. The molecule has 0 aliphatic carbocycles. The number of imide groups is 1. The fourth-order valence-electron chi connectivity index (χ4n) is 3.45. The van der Waals surface area contributed by atoms with E-state index in [4.69, 9.17) is 0 Å². The Balaban J connectivity index is 1.67. The Hall–Kier alpha value is -2.66. The van der Waals surface area contributed by atoms with Crippen LogP contribution in [0, 0.1) is 0 Å². The average molecular weight is 308 g/mol. The van der Waals surface area contributed by atoms with Gasteiger partial charge in [0.25, 0.3) is 11.8 Å². The van der Waals surface area contributed by atoms with Crippen LogP contribution in [0.25, 0.3) is 0 Å². The lowest BCUT2D eigenvalue weighted by atomic mass is 9.93. The van der Waals surface area contributed by atoms with Crippen LogP contribution in [0.2, 0.25) is 0 Å². The van der Waals surface area contributed by atoms with E-state index >= 15 is 0 Å². The third-order valence-electron chi connectivity index (χ3n) is 4.55. The quantitative estimate of drug-likeness (QED) is 0.831. The van der Waals surface area contributed by atoms with Crippen molar-refractivity contribution in [3.05, 3.63) is 64.7 Å². The molecule has 5 nitrogen and oxygen atoms in total. The van der Waals surface area contributed by atoms with Gasteiger partial charge < -0.3 is 10.4 Å². The molecule has 2 aromatic carbocycles. The topological polar surface area (TPSA) is 69.6 Å². The molecule has 1 unspecified atom stereocenters. The number of nitrogens with zero attached hydrogens (tertiary/aromatic N) is 1. The van der Waals surface area contributed by atoms with Crippen molar-refractivity contribution in [2.45, 2.75) is 12.5 Å². The number of benzene rings is 2. The second kappa shape index (κ2) is 5.21. The van der Waals surface area contributed by atoms with Crippen molar-refractivity contribution in [2.24, 2.45) is 0 Å². The van der Waals surface area contributed by atoms with Gasteiger partial charge in [0.15, 0.2) is 0 Å². The van der Waals surface area contributed by atoms with E-state index in [0.717, 1.165) is 24.1 Å². The Morgan fingerprint density at radius 1 is 1.04 bits per heavy atom. The van der Waals surface area contributed by atoms with Crippen molar-refractivity contribution in [3.8, 4) is 5.75 Å². The number of phenolic OH excluding ortho intramolecular Hbond substituents is 1. The zero-order valence-corrected chi connectivity index (χ0v) is 12.5. The van der Waals surface area contributed by atoms with Crippen LogP contribution in [0.4, 0.5) is 0 Å². The maximum Gasteiger partial charge on any atom is 0.261 e. The molecular weight excluding hydrogens is 292 g/mol. The van der Waals surface area contributed by atoms with Gasteiger partial charge in [-0.15, -0.1) is 0 Å². The molecule has 116 valence electrons. The minimum absolute atomic E-state index is 0.205. The lowest BCUT2D eigenvalue weighted by molar-refractivity contribution is 0.0636. The lowest BCUT2D eigenvalue weighted by Gasteiger charge is -2.30. The van der Waals surface area contributed by atoms with E-state index in [1.165, 1.54) is 4.90 Å². The van der Waals surface area contributed by atoms with Gasteiger partial charge in [-0.3, -0.25) is 14.5 Å². The monoisotopic (exact) mass is 308 g/mol. The van der Waals surface area contributed by atoms with E-state index in [2.05, 4.69) is 5.32 Å². The zero-order chi connectivity index (χ0) is 16.0. The van der Waals surface area contributed by atoms with E-state index < -0.39 is 0 Å². The van der Waals surface area contributed by atoms with Gasteiger partial charge in [0.2, 0.25) is 0 Å². The molecule has 2 heterocycles. The molecule has 0 spiro atoms. The van der Waals surface area contributed by atoms with Crippen LogP contribution in [0.1, 0.15) is 37.9 Å². The summed E-state index contributed by atoms with van der Waals surface area (Å²) in [5.41, 5.74) is 2.75. The highest BCUT2D eigenvalue weighted by atomic mass is 16.3. The molecule has 2 aromatic rings. The molecule has 0 saturated carbocycles. The summed E-state index contributed by atoms with van der Waals surface area (Å²) in [6.45, 7) is 0.973. The van der Waals surface area contributed by atoms with Crippen molar-refractivity contribution in [2.75, 3.05) is 13.1 Å². The van der Waals surface area contributed by atoms with E-state index in [1.54, 1.807) is 30.3 Å². The molecule has 5 heteroatoms. The first-order valence-electron chi connectivity index (χ1n) is 7.66. The SMILES string of the molecule is O=C1c2ccccc2C(=O)N1CC1NCCc2cccc(O)c21. The summed E-state index contributed by atoms with van der Waals surface area (Å²) in [4.78, 5) is 26.3. The molecular formula is C18H16N2O3. The predicted octanol–water partition coefficient (Wildman–Crippen LogP) is 1.88. The van der Waals surface area contributed by atoms with Gasteiger partial charge in [-0.2, -0.15) is 0 Å². The number of hydrogen-bond acceptors (Lipinski definition) is 4. The number of amides is 2. The zero-order valence-electron chi connectivity index (χ0n) is 12.5. The Kier molecular flexibility index (Phi) is 3.16. The second-order valence-electron chi connectivity index (χ2n) is 5.87. The van der Waals surface area contributed by atoms with E-state index in [0.29, 0.717) is 11.1 Å². The standard InChI is InChI=1S/C18H16N2O3/c21-15-7-3-4-11-8-9-19-14(16(11)15)10-20-17(22)12-5-1-2-6-13(12)18(20)23/h1-7,14,19,21H,8-10H2. The first-order valence-corrected chi connectivity index (χ1v) is 7.66. The van der Waals surface area contributed by atoms with Crippen molar-refractivity contribution >= 4 is 11.8 Å². The van der Waals surface area contributed by atoms with Crippen LogP contribution in [0.3, 0.4) is 0 Å². The van der Waals surface area contributed by atoms with Crippen LogP contribution in [-0.2, 0) is 6.42 Å². The van der Waals surface area contributed by atoms with Crippen LogP contribution < -0.4 is 5.32 Å². The Labute approximate surface area is 133 Å². The second-order valence-corrected chi connectivity index (χ2v) is 5.87. The number of hydrogen-bond donors (Lipinski definition) is 2. The molecule has 2 aliphatic heterocycles. The summed E-state index contributed by atoms with van der Waals surface area (Å²) in [7, 11) is 0. The first kappa shape index (κ1) is 14.0. The minimum atomic E-state index is -0.269. The summed E-state index contributed by atoms with van der Waals surface area (Å²) in [6, 6.07) is 12.1. The number of rotatable bonds is 2. The van der Waals surface area contributed by atoms with Crippen molar-refractivity contribution < 1.29 is 14.7 Å². The smallest absolute Gasteiger partial charge is 0.261 e. The van der Waals surface area contributed by atoms with Gasteiger partial charge in [0, 0.05) is 12.1 Å². The third kappa shape index (κ3) is 2.12. The Morgan fingerprint density at radius 3 is 2.43 bits per heavy atom. The summed E-state index contributed by atoms with van der Waals surface area (Å²) in [6.07, 6.45) is 0.822. The number of aromatic hydroxyl groups is 1. The number of fused-ring (bicyclic) bond motifs is 2. The number of nitrogens with one attached hydrogen (secondary N) is 1. The van der Waals surface area contributed by atoms with Crippen LogP contribution in [0.15, 0.2) is 42.5 Å². The van der Waals surface area contributed by atoms with Crippen LogP contribution in [0.5, 0.6) is 5.75 Å². The summed E-state index contributed by atoms with van der Waals surface area (Å²) >= 11 is 0. The molecule has 1 atom stereocenters. The molecule has 4 rings (SSSR count). The molecule has 2 N–H and O–H groups in total. The molecule has 0 bridgehead atoms. The third-order valence-corrected chi connectivity index (χ3v) is 4.55. The minimum Gasteiger partial charge on any atom is -0.508 e. The maximum absolute atomic E-state index is 12.5. The molecule has 2 amide bonds. The summed E-state index contributed by atoms with van der Waals surface area (Å²) < 4.78 is 0. The fraction of sp³-hybridized carbons (Fsp3) is 0.222. The lowest BCUT2D eigenvalue weighted by Crippen LogP contribution is -2.41. The highest BCUT2D eigenvalue weighted by molar-refractivity contribution is 6.21. The van der Waals surface area contributed by atoms with Crippen molar-refractivity contribution in [1.29, 1.82) is 0 Å². The van der Waals surface area contributed by atoms with Gasteiger partial charge >= 0.3 is 0 Å². The van der Waals surface area contributed by atoms with Crippen LogP contribution >= 0.6 is 0 Å². The largest absolute Gasteiger partial charge is 0.508 e. The molecule has 23 heavy (non-hydrogen) atoms. The van der Waals surface area contributed by atoms with Crippen molar-refractivity contribution in [1.82, 2.24) is 10.2 Å². The van der Waals surface area contributed by atoms with E-state index in [-0.39, 0.29) is 30.2 Å². The van der Waals surface area contributed by atoms with Gasteiger partial charge in [-0.25, -0.2) is 0 Å². The molecule has 0 aromatic heterocycles. The average Bonchev–Trinajstić information content (AvgIpc) is 2.81.